The third-order valence-electron chi connectivity index (χ3n) is 4.34. The van der Waals surface area contributed by atoms with Gasteiger partial charge in [-0.1, -0.05) is 0 Å². The van der Waals surface area contributed by atoms with E-state index in [0.717, 1.165) is 33.0 Å². The molecule has 0 radical (unpaired) electrons. The van der Waals surface area contributed by atoms with Crippen molar-refractivity contribution in [1.82, 2.24) is 29.1 Å². The molecule has 0 aromatic carbocycles. The highest BCUT2D eigenvalue weighted by Crippen LogP contribution is 2.30. The first kappa shape index (κ1) is 16.6. The van der Waals surface area contributed by atoms with Gasteiger partial charge in [-0.15, -0.1) is 11.3 Å². The molecule has 5 aromatic heterocycles. The molecule has 0 amide bonds. The summed E-state index contributed by atoms with van der Waals surface area (Å²) in [5, 5.41) is 6.61. The molecule has 0 aliphatic carbocycles. The highest BCUT2D eigenvalue weighted by atomic mass is 32.1. The number of nitrogens with zero attached hydrogens (tertiary/aromatic N) is 6. The standard InChI is InChI=1S/C20H16N6OS/c1-25-12-17(14-4-6-21-7-5-14)19(24-25)15-2-3-18(22-10-15)27-13-16-11-26-8-9-28-20(26)23-16/h2-12H,13H2,1H3. The summed E-state index contributed by atoms with van der Waals surface area (Å²) in [4.78, 5) is 14.0. The summed E-state index contributed by atoms with van der Waals surface area (Å²) in [7, 11) is 1.91. The summed E-state index contributed by atoms with van der Waals surface area (Å²) in [6.07, 6.45) is 11.3. The van der Waals surface area contributed by atoms with Crippen LogP contribution in [0, 0.1) is 0 Å². The molecule has 0 bridgehead atoms. The molecule has 0 aliphatic heterocycles. The first-order valence-corrected chi connectivity index (χ1v) is 9.58. The number of pyridine rings is 2. The van der Waals surface area contributed by atoms with Crippen LogP contribution < -0.4 is 4.74 Å². The molecule has 7 nitrogen and oxygen atoms in total. The molecule has 5 rings (SSSR count). The predicted molar refractivity (Wildman–Crippen MR) is 107 cm³/mol. The number of rotatable bonds is 5. The Hall–Kier alpha value is -3.52. The molecule has 0 N–H and O–H groups in total. The van der Waals surface area contributed by atoms with Crippen LogP contribution in [-0.2, 0) is 13.7 Å². The van der Waals surface area contributed by atoms with Crippen molar-refractivity contribution < 1.29 is 4.74 Å². The van der Waals surface area contributed by atoms with Crippen LogP contribution in [0.1, 0.15) is 5.69 Å². The van der Waals surface area contributed by atoms with Gasteiger partial charge in [-0.3, -0.25) is 14.1 Å². The minimum Gasteiger partial charge on any atom is -0.471 e. The number of ether oxygens (including phenoxy) is 1. The Morgan fingerprint density at radius 1 is 1.07 bits per heavy atom. The van der Waals surface area contributed by atoms with E-state index in [1.807, 2.05) is 59.7 Å². The van der Waals surface area contributed by atoms with Crippen molar-refractivity contribution >= 4 is 16.3 Å². The average Bonchev–Trinajstić information content (AvgIpc) is 3.42. The zero-order chi connectivity index (χ0) is 18.9. The summed E-state index contributed by atoms with van der Waals surface area (Å²) in [6.45, 7) is 0.382. The lowest BCUT2D eigenvalue weighted by Gasteiger charge is -2.05. The zero-order valence-electron chi connectivity index (χ0n) is 15.1. The van der Waals surface area contributed by atoms with Gasteiger partial charge in [-0.05, 0) is 23.8 Å². The second-order valence-electron chi connectivity index (χ2n) is 6.30. The van der Waals surface area contributed by atoms with Gasteiger partial charge in [0.05, 0.1) is 5.69 Å². The van der Waals surface area contributed by atoms with E-state index in [1.165, 1.54) is 0 Å². The van der Waals surface area contributed by atoms with Crippen molar-refractivity contribution in [3.63, 3.8) is 0 Å². The van der Waals surface area contributed by atoms with E-state index in [1.54, 1.807) is 34.6 Å². The molecule has 0 fully saturated rings. The van der Waals surface area contributed by atoms with Gasteiger partial charge in [-0.2, -0.15) is 5.10 Å². The lowest BCUT2D eigenvalue weighted by molar-refractivity contribution is 0.290. The largest absolute Gasteiger partial charge is 0.471 e. The average molecular weight is 388 g/mol. The van der Waals surface area contributed by atoms with Gasteiger partial charge in [0.25, 0.3) is 0 Å². The summed E-state index contributed by atoms with van der Waals surface area (Å²) < 4.78 is 9.58. The van der Waals surface area contributed by atoms with Gasteiger partial charge in [0.15, 0.2) is 4.96 Å². The summed E-state index contributed by atoms with van der Waals surface area (Å²) in [5.41, 5.74) is 4.79. The smallest absolute Gasteiger partial charge is 0.213 e. The van der Waals surface area contributed by atoms with Crippen molar-refractivity contribution in [1.29, 1.82) is 0 Å². The molecule has 0 atom stereocenters. The van der Waals surface area contributed by atoms with E-state index in [2.05, 4.69) is 20.1 Å². The Morgan fingerprint density at radius 2 is 1.96 bits per heavy atom. The van der Waals surface area contributed by atoms with Crippen LogP contribution >= 0.6 is 11.3 Å². The maximum atomic E-state index is 5.79. The summed E-state index contributed by atoms with van der Waals surface area (Å²) in [5.74, 6) is 0.557. The highest BCUT2D eigenvalue weighted by molar-refractivity contribution is 7.15. The molecule has 28 heavy (non-hydrogen) atoms. The molecular weight excluding hydrogens is 372 g/mol. The molecule has 0 saturated heterocycles. The number of fused-ring (bicyclic) bond motifs is 1. The molecule has 0 saturated carbocycles. The van der Waals surface area contributed by atoms with E-state index < -0.39 is 0 Å². The van der Waals surface area contributed by atoms with E-state index in [0.29, 0.717) is 12.5 Å². The fraction of sp³-hybridized carbons (Fsp3) is 0.100. The molecule has 0 spiro atoms. The fourth-order valence-corrected chi connectivity index (χ4v) is 3.76. The molecule has 0 aliphatic rings. The monoisotopic (exact) mass is 388 g/mol. The van der Waals surface area contributed by atoms with Crippen molar-refractivity contribution in [2.45, 2.75) is 6.61 Å². The maximum absolute atomic E-state index is 5.79. The first-order chi connectivity index (χ1) is 13.8. The minimum atomic E-state index is 0.382. The van der Waals surface area contributed by atoms with Crippen LogP contribution in [0.3, 0.4) is 0 Å². The van der Waals surface area contributed by atoms with Gasteiger partial charge >= 0.3 is 0 Å². The second-order valence-corrected chi connectivity index (χ2v) is 7.17. The Balaban J connectivity index is 1.36. The Kier molecular flexibility index (Phi) is 4.10. The van der Waals surface area contributed by atoms with Gasteiger partial charge in [-0.25, -0.2) is 9.97 Å². The number of aryl methyl sites for hydroxylation is 1. The quantitative estimate of drug-likeness (QED) is 0.458. The highest BCUT2D eigenvalue weighted by Gasteiger charge is 2.13. The van der Waals surface area contributed by atoms with Crippen LogP contribution in [0.15, 0.2) is 66.8 Å². The Bertz CT molecular complexity index is 1190. The molecule has 138 valence electrons. The molecule has 8 heteroatoms. The number of thiazole rings is 1. The normalized spacial score (nSPS) is 11.2. The van der Waals surface area contributed by atoms with E-state index >= 15 is 0 Å². The van der Waals surface area contributed by atoms with Crippen molar-refractivity contribution in [2.24, 2.45) is 7.05 Å². The van der Waals surface area contributed by atoms with Crippen LogP contribution in [0.5, 0.6) is 5.88 Å². The van der Waals surface area contributed by atoms with Gasteiger partial charge in [0.2, 0.25) is 5.88 Å². The van der Waals surface area contributed by atoms with Crippen molar-refractivity contribution in [3.8, 4) is 28.3 Å². The maximum Gasteiger partial charge on any atom is 0.213 e. The Labute approximate surface area is 164 Å². The van der Waals surface area contributed by atoms with Crippen molar-refractivity contribution in [3.05, 3.63) is 72.5 Å². The summed E-state index contributed by atoms with van der Waals surface area (Å²) in [6, 6.07) is 7.78. The lowest BCUT2D eigenvalue weighted by Crippen LogP contribution is -1.97. The fourth-order valence-electron chi connectivity index (χ4n) is 3.04. The van der Waals surface area contributed by atoms with Gasteiger partial charge in [0.1, 0.15) is 12.3 Å². The van der Waals surface area contributed by atoms with Crippen LogP contribution in [0.4, 0.5) is 0 Å². The molecule has 0 unspecified atom stereocenters. The van der Waals surface area contributed by atoms with Crippen LogP contribution in [0.2, 0.25) is 0 Å². The number of imidazole rings is 1. The third kappa shape index (κ3) is 3.14. The van der Waals surface area contributed by atoms with Crippen LogP contribution in [-0.4, -0.2) is 29.1 Å². The third-order valence-corrected chi connectivity index (χ3v) is 5.11. The molecule has 5 aromatic rings. The first-order valence-electron chi connectivity index (χ1n) is 8.70. The predicted octanol–water partition coefficient (Wildman–Crippen LogP) is 3.83. The molecule has 5 heterocycles. The van der Waals surface area contributed by atoms with Gasteiger partial charge < -0.3 is 4.74 Å². The van der Waals surface area contributed by atoms with Crippen LogP contribution in [0.25, 0.3) is 27.3 Å². The SMILES string of the molecule is Cn1cc(-c2ccncc2)c(-c2ccc(OCc3cn4ccsc4n3)nc2)n1. The summed E-state index contributed by atoms with van der Waals surface area (Å²) >= 11 is 1.60. The lowest BCUT2D eigenvalue weighted by atomic mass is 10.0. The number of hydrogen-bond acceptors (Lipinski definition) is 6. The second kappa shape index (κ2) is 6.90. The minimum absolute atomic E-state index is 0.382. The topological polar surface area (TPSA) is 70.1 Å². The van der Waals surface area contributed by atoms with E-state index in [-0.39, 0.29) is 0 Å². The van der Waals surface area contributed by atoms with E-state index in [4.69, 9.17) is 4.74 Å². The van der Waals surface area contributed by atoms with Crippen molar-refractivity contribution in [2.75, 3.05) is 0 Å². The Morgan fingerprint density at radius 3 is 2.75 bits per heavy atom. The zero-order valence-corrected chi connectivity index (χ0v) is 15.9. The molecular formula is C20H16N6OS. The number of hydrogen-bond donors (Lipinski definition) is 0. The van der Waals surface area contributed by atoms with Gasteiger partial charge in [0, 0.05) is 66.8 Å². The van der Waals surface area contributed by atoms with E-state index in [9.17, 15) is 0 Å². The number of aromatic nitrogens is 6.